The third kappa shape index (κ3) is 1.19. The first-order valence-corrected chi connectivity index (χ1v) is 3.44. The molecule has 36 valence electrons. The van der Waals surface area contributed by atoms with Crippen molar-refractivity contribution in [2.45, 2.75) is 0 Å². The van der Waals surface area contributed by atoms with E-state index in [1.54, 1.807) is 0 Å². The molecule has 1 N–H and O–H groups in total. The molecule has 0 amide bonds. The third-order valence-electron chi connectivity index (χ3n) is 0.846. The fraction of sp³-hybridized carbons (Fsp3) is 1.00. The number of thioether (sulfide) groups is 1. The molecule has 0 atom stereocenters. The summed E-state index contributed by atoms with van der Waals surface area (Å²) in [6.07, 6.45) is 0. The van der Waals surface area contributed by atoms with Crippen LogP contribution in [0.1, 0.15) is 0 Å². The third-order valence-corrected chi connectivity index (χ3v) is 1.83. The monoisotopic (exact) mass is 104 g/mol. The zero-order valence-corrected chi connectivity index (χ0v) is 4.55. The van der Waals surface area contributed by atoms with E-state index in [1.807, 2.05) is 11.8 Å². The smallest absolute Gasteiger partial charge is 0.00585 e. The second-order valence-electron chi connectivity index (χ2n) is 1.36. The number of hydrogen-bond donors (Lipinski definition) is 1. The molecule has 1 heterocycles. The topological polar surface area (TPSA) is 12.0 Å². The molecule has 0 aromatic heterocycles. The minimum absolute atomic E-state index is 1.21. The normalized spacial score (nSPS) is 24.0. The fourth-order valence-electron chi connectivity index (χ4n) is 0.516. The molecule has 1 rings (SSSR count). The predicted molar refractivity (Wildman–Crippen MR) is 30.2 cm³/mol. The highest BCUT2D eigenvalue weighted by Crippen LogP contribution is 1.99. The van der Waals surface area contributed by atoms with Gasteiger partial charge in [-0.1, -0.05) is 0 Å². The molecule has 0 aromatic carbocycles. The standard InChI is InChI=1S/C4H9NS/c1-3-6-4-2-5-1/h5H,1-4H2/i3+1. The van der Waals surface area contributed by atoms with Gasteiger partial charge in [0.25, 0.3) is 0 Å². The van der Waals surface area contributed by atoms with Crippen LogP contribution in [-0.2, 0) is 0 Å². The average molecular weight is 104 g/mol. The Balaban J connectivity index is 2.00. The maximum absolute atomic E-state index is 3.26. The summed E-state index contributed by atoms with van der Waals surface area (Å²) in [6, 6.07) is 0. The van der Waals surface area contributed by atoms with E-state index in [4.69, 9.17) is 0 Å². The Labute approximate surface area is 42.5 Å². The molecule has 0 radical (unpaired) electrons. The molecule has 0 bridgehead atoms. The highest BCUT2D eigenvalue weighted by atomic mass is 32.2. The van der Waals surface area contributed by atoms with Crippen molar-refractivity contribution in [3.05, 3.63) is 0 Å². The Kier molecular flexibility index (Phi) is 1.85. The molecular formula is C4H9NS. The molecule has 0 saturated carbocycles. The Morgan fingerprint density at radius 3 is 2.00 bits per heavy atom. The van der Waals surface area contributed by atoms with Gasteiger partial charge in [-0.05, 0) is 0 Å². The van der Waals surface area contributed by atoms with E-state index in [1.165, 1.54) is 24.6 Å². The van der Waals surface area contributed by atoms with Gasteiger partial charge in [-0.3, -0.25) is 0 Å². The molecule has 0 aliphatic carbocycles. The molecule has 6 heavy (non-hydrogen) atoms. The first-order valence-electron chi connectivity index (χ1n) is 2.28. The lowest BCUT2D eigenvalue weighted by Gasteiger charge is -2.08. The quantitative estimate of drug-likeness (QED) is 0.444. The van der Waals surface area contributed by atoms with E-state index in [9.17, 15) is 0 Å². The van der Waals surface area contributed by atoms with Crippen molar-refractivity contribution in [1.29, 1.82) is 0 Å². The van der Waals surface area contributed by atoms with Gasteiger partial charge in [0.2, 0.25) is 0 Å². The summed E-state index contributed by atoms with van der Waals surface area (Å²) in [5, 5.41) is 3.26. The van der Waals surface area contributed by atoms with Crippen LogP contribution in [0.15, 0.2) is 0 Å². The van der Waals surface area contributed by atoms with Crippen molar-refractivity contribution in [3.8, 4) is 0 Å². The first kappa shape index (κ1) is 4.47. The molecule has 0 spiro atoms. The highest BCUT2D eigenvalue weighted by molar-refractivity contribution is 7.99. The summed E-state index contributed by atoms with van der Waals surface area (Å²) in [5.74, 6) is 2.61. The van der Waals surface area contributed by atoms with Crippen LogP contribution < -0.4 is 5.32 Å². The molecule has 1 saturated heterocycles. The van der Waals surface area contributed by atoms with Crippen molar-refractivity contribution in [2.24, 2.45) is 0 Å². The van der Waals surface area contributed by atoms with Gasteiger partial charge >= 0.3 is 0 Å². The maximum Gasteiger partial charge on any atom is 0.00585 e. The molecule has 1 nitrogen and oxygen atoms in total. The summed E-state index contributed by atoms with van der Waals surface area (Å²) >= 11 is 2.03. The Hall–Kier alpha value is 0.310. The summed E-state index contributed by atoms with van der Waals surface area (Å²) in [6.45, 7) is 2.43. The zero-order chi connectivity index (χ0) is 4.24. The van der Waals surface area contributed by atoms with Crippen molar-refractivity contribution in [1.82, 2.24) is 5.32 Å². The number of hydrogen-bond acceptors (Lipinski definition) is 2. The first-order chi connectivity index (χ1) is 3.00. The van der Waals surface area contributed by atoms with E-state index in [-0.39, 0.29) is 0 Å². The van der Waals surface area contributed by atoms with Crippen LogP contribution in [0, 0.1) is 0 Å². The van der Waals surface area contributed by atoms with Gasteiger partial charge in [0, 0.05) is 24.6 Å². The largest absolute Gasteiger partial charge is 0.315 e. The molecular weight excluding hydrogens is 95.1 g/mol. The number of nitrogens with one attached hydrogen (secondary N) is 1. The van der Waals surface area contributed by atoms with Crippen LogP contribution in [-0.4, -0.2) is 24.6 Å². The van der Waals surface area contributed by atoms with E-state index in [0.717, 1.165) is 0 Å². The Bertz CT molecular complexity index is 23.0. The van der Waals surface area contributed by atoms with Gasteiger partial charge < -0.3 is 5.32 Å². The zero-order valence-electron chi connectivity index (χ0n) is 3.74. The minimum Gasteiger partial charge on any atom is -0.315 e. The van der Waals surface area contributed by atoms with E-state index >= 15 is 0 Å². The second-order valence-corrected chi connectivity index (χ2v) is 2.59. The van der Waals surface area contributed by atoms with Crippen molar-refractivity contribution >= 4 is 11.8 Å². The summed E-state index contributed by atoms with van der Waals surface area (Å²) in [4.78, 5) is 0. The van der Waals surface area contributed by atoms with Gasteiger partial charge in [0.1, 0.15) is 0 Å². The lowest BCUT2D eigenvalue weighted by Crippen LogP contribution is -2.24. The molecule has 1 fully saturated rings. The molecule has 0 aromatic rings. The van der Waals surface area contributed by atoms with Crippen LogP contribution in [0.4, 0.5) is 0 Å². The predicted octanol–water partition coefficient (Wildman–Crippen LogP) is 0.323. The highest BCUT2D eigenvalue weighted by Gasteiger charge is 1.93. The molecule has 2 heteroatoms. The molecule has 0 unspecified atom stereocenters. The van der Waals surface area contributed by atoms with Gasteiger partial charge in [0.15, 0.2) is 0 Å². The van der Waals surface area contributed by atoms with E-state index in [0.29, 0.717) is 0 Å². The van der Waals surface area contributed by atoms with Crippen LogP contribution in [0.2, 0.25) is 0 Å². The summed E-state index contributed by atoms with van der Waals surface area (Å²) in [5.41, 5.74) is 0. The van der Waals surface area contributed by atoms with Crippen LogP contribution in [0.25, 0.3) is 0 Å². The van der Waals surface area contributed by atoms with Gasteiger partial charge in [0.05, 0.1) is 0 Å². The van der Waals surface area contributed by atoms with Gasteiger partial charge in [-0.2, -0.15) is 11.8 Å². The van der Waals surface area contributed by atoms with Crippen LogP contribution in [0.3, 0.4) is 0 Å². The lowest BCUT2D eigenvalue weighted by atomic mass is 10.7. The Morgan fingerprint density at radius 2 is 1.83 bits per heavy atom. The molecule has 1 aliphatic rings. The van der Waals surface area contributed by atoms with Crippen molar-refractivity contribution in [2.75, 3.05) is 24.6 Å². The second kappa shape index (κ2) is 2.48. The average Bonchev–Trinajstić information content (AvgIpc) is 1.72. The molecule has 1 aliphatic heterocycles. The fourth-order valence-corrected chi connectivity index (χ4v) is 1.30. The van der Waals surface area contributed by atoms with E-state index < -0.39 is 0 Å². The lowest BCUT2D eigenvalue weighted by molar-refractivity contribution is 0.756. The summed E-state index contributed by atoms with van der Waals surface area (Å²) in [7, 11) is 0. The minimum atomic E-state index is 1.21. The Morgan fingerprint density at radius 1 is 1.17 bits per heavy atom. The van der Waals surface area contributed by atoms with E-state index in [2.05, 4.69) is 5.32 Å². The van der Waals surface area contributed by atoms with Crippen molar-refractivity contribution < 1.29 is 0 Å². The van der Waals surface area contributed by atoms with Crippen molar-refractivity contribution in [3.63, 3.8) is 0 Å². The van der Waals surface area contributed by atoms with Gasteiger partial charge in [-0.25, -0.2) is 0 Å². The number of rotatable bonds is 0. The van der Waals surface area contributed by atoms with Gasteiger partial charge in [-0.15, -0.1) is 0 Å². The summed E-state index contributed by atoms with van der Waals surface area (Å²) < 4.78 is 0. The van der Waals surface area contributed by atoms with Crippen LogP contribution in [0.5, 0.6) is 0 Å². The van der Waals surface area contributed by atoms with Crippen LogP contribution >= 0.6 is 11.8 Å². The maximum atomic E-state index is 3.26. The SMILES string of the molecule is C1CS[13CH2]CN1.